The van der Waals surface area contributed by atoms with E-state index in [1.54, 1.807) is 0 Å². The maximum Gasteiger partial charge on any atom is 0.223 e. The average molecular weight is 232 g/mol. The zero-order chi connectivity index (χ0) is 12.3. The van der Waals surface area contributed by atoms with E-state index in [0.29, 0.717) is 0 Å². The molecule has 90 valence electrons. The van der Waals surface area contributed by atoms with Gasteiger partial charge < -0.3 is 22.5 Å². The maximum absolute atomic E-state index is 5.57. The van der Waals surface area contributed by atoms with Gasteiger partial charge >= 0.3 is 0 Å². The molecular formula is C11H16N6. The summed E-state index contributed by atoms with van der Waals surface area (Å²) in [6.45, 7) is 1.90. The van der Waals surface area contributed by atoms with E-state index in [0.717, 1.165) is 25.2 Å². The fourth-order valence-electron chi connectivity index (χ4n) is 1.82. The zero-order valence-electron chi connectivity index (χ0n) is 9.48. The average Bonchev–Trinajstić information content (AvgIpc) is 2.27. The number of hydrogen-bond donors (Lipinski definition) is 4. The van der Waals surface area contributed by atoms with Crippen LogP contribution in [0.1, 0.15) is 11.1 Å². The van der Waals surface area contributed by atoms with Gasteiger partial charge in [0.05, 0.1) is 5.69 Å². The van der Waals surface area contributed by atoms with Gasteiger partial charge in [-0.25, -0.2) is 4.99 Å². The van der Waals surface area contributed by atoms with Crippen molar-refractivity contribution in [2.24, 2.45) is 27.2 Å². The van der Waals surface area contributed by atoms with Gasteiger partial charge in [0.15, 0.2) is 5.96 Å². The molecule has 1 aromatic carbocycles. The minimum atomic E-state index is -0.0894. The molecule has 0 saturated heterocycles. The Hall–Kier alpha value is -2.08. The van der Waals surface area contributed by atoms with Crippen molar-refractivity contribution in [2.45, 2.75) is 13.0 Å². The first-order chi connectivity index (χ1) is 8.15. The molecule has 1 aromatic rings. The topological polar surface area (TPSA) is 115 Å². The lowest BCUT2D eigenvalue weighted by Crippen LogP contribution is -2.26. The van der Waals surface area contributed by atoms with Crippen LogP contribution < -0.4 is 22.5 Å². The summed E-state index contributed by atoms with van der Waals surface area (Å²) in [5.41, 5.74) is 19.4. The summed E-state index contributed by atoms with van der Waals surface area (Å²) >= 11 is 0. The molecule has 0 aliphatic carbocycles. The van der Waals surface area contributed by atoms with Crippen LogP contribution in [0.15, 0.2) is 28.2 Å². The number of nitrogens with zero attached hydrogens (tertiary/aromatic N) is 2. The SMILES string of the molecule is NC(N)=NC(N)=Nc1ccc2c(c1)CCNC2. The van der Waals surface area contributed by atoms with Crippen molar-refractivity contribution in [1.82, 2.24) is 5.32 Å². The summed E-state index contributed by atoms with van der Waals surface area (Å²) in [7, 11) is 0. The molecule has 0 radical (unpaired) electrons. The van der Waals surface area contributed by atoms with Crippen LogP contribution in [0.3, 0.4) is 0 Å². The Labute approximate surface area is 99.6 Å². The Morgan fingerprint density at radius 2 is 2.00 bits per heavy atom. The molecule has 0 unspecified atom stereocenters. The number of aliphatic imine (C=N–C) groups is 2. The van der Waals surface area contributed by atoms with Crippen LogP contribution in [-0.2, 0) is 13.0 Å². The highest BCUT2D eigenvalue weighted by Gasteiger charge is 2.08. The van der Waals surface area contributed by atoms with E-state index in [4.69, 9.17) is 17.2 Å². The molecule has 0 spiro atoms. The summed E-state index contributed by atoms with van der Waals surface area (Å²) in [6, 6.07) is 5.97. The number of hydrogen-bond acceptors (Lipinski definition) is 2. The molecule has 0 fully saturated rings. The standard InChI is InChI=1S/C11H16N6/c12-10(13)17-11(14)16-9-2-1-8-6-15-4-3-7(8)5-9/h1-2,5,15H,3-4,6H2,(H6,12,13,14,16,17). The minimum absolute atomic E-state index is 0.0684. The van der Waals surface area contributed by atoms with Crippen molar-refractivity contribution < 1.29 is 0 Å². The summed E-state index contributed by atoms with van der Waals surface area (Å²) in [5.74, 6) is -0.0210. The molecule has 0 saturated carbocycles. The van der Waals surface area contributed by atoms with Crippen LogP contribution in [0, 0.1) is 0 Å². The molecular weight excluding hydrogens is 216 g/mol. The number of guanidine groups is 2. The highest BCUT2D eigenvalue weighted by atomic mass is 15.1. The predicted molar refractivity (Wildman–Crippen MR) is 68.9 cm³/mol. The van der Waals surface area contributed by atoms with Crippen molar-refractivity contribution in [3.8, 4) is 0 Å². The molecule has 1 aliphatic heterocycles. The smallest absolute Gasteiger partial charge is 0.223 e. The van der Waals surface area contributed by atoms with Gasteiger partial charge in [-0.1, -0.05) is 6.07 Å². The molecule has 2 rings (SSSR count). The highest BCUT2D eigenvalue weighted by molar-refractivity contribution is 5.93. The second-order valence-corrected chi connectivity index (χ2v) is 3.89. The molecule has 7 N–H and O–H groups in total. The quantitative estimate of drug-likeness (QED) is 0.388. The van der Waals surface area contributed by atoms with Crippen LogP contribution in [0.5, 0.6) is 0 Å². The number of benzene rings is 1. The van der Waals surface area contributed by atoms with Gasteiger partial charge in [0.25, 0.3) is 0 Å². The van der Waals surface area contributed by atoms with Crippen molar-refractivity contribution in [1.29, 1.82) is 0 Å². The van der Waals surface area contributed by atoms with Gasteiger partial charge in [0.2, 0.25) is 5.96 Å². The first-order valence-corrected chi connectivity index (χ1v) is 5.41. The highest BCUT2D eigenvalue weighted by Crippen LogP contribution is 2.20. The van der Waals surface area contributed by atoms with Crippen LogP contribution in [0.4, 0.5) is 5.69 Å². The number of nitrogens with one attached hydrogen (secondary N) is 1. The first kappa shape index (κ1) is 11.4. The molecule has 1 aliphatic rings. The van der Waals surface area contributed by atoms with Gasteiger partial charge in [-0.3, -0.25) is 0 Å². The largest absolute Gasteiger partial charge is 0.370 e. The Balaban J connectivity index is 2.25. The van der Waals surface area contributed by atoms with Crippen molar-refractivity contribution in [3.05, 3.63) is 29.3 Å². The Bertz CT molecular complexity index is 473. The first-order valence-electron chi connectivity index (χ1n) is 5.41. The molecule has 17 heavy (non-hydrogen) atoms. The van der Waals surface area contributed by atoms with Gasteiger partial charge in [-0.05, 0) is 36.2 Å². The van der Waals surface area contributed by atoms with Crippen LogP contribution in [0.25, 0.3) is 0 Å². The Morgan fingerprint density at radius 3 is 2.76 bits per heavy atom. The van der Waals surface area contributed by atoms with Crippen molar-refractivity contribution in [2.75, 3.05) is 6.54 Å². The fourth-order valence-corrected chi connectivity index (χ4v) is 1.82. The molecule has 0 bridgehead atoms. The zero-order valence-corrected chi connectivity index (χ0v) is 9.48. The second kappa shape index (κ2) is 4.84. The van der Waals surface area contributed by atoms with E-state index in [1.165, 1.54) is 11.1 Å². The number of nitrogens with two attached hydrogens (primary N) is 3. The van der Waals surface area contributed by atoms with Gasteiger partial charge in [0.1, 0.15) is 0 Å². The lowest BCUT2D eigenvalue weighted by atomic mass is 10.0. The lowest BCUT2D eigenvalue weighted by Gasteiger charge is -2.16. The maximum atomic E-state index is 5.57. The Kier molecular flexibility index (Phi) is 3.24. The van der Waals surface area contributed by atoms with Gasteiger partial charge in [-0.15, -0.1) is 0 Å². The van der Waals surface area contributed by atoms with Crippen molar-refractivity contribution in [3.63, 3.8) is 0 Å². The van der Waals surface area contributed by atoms with E-state index in [2.05, 4.69) is 15.3 Å². The van der Waals surface area contributed by atoms with Crippen LogP contribution >= 0.6 is 0 Å². The monoisotopic (exact) mass is 232 g/mol. The Morgan fingerprint density at radius 1 is 1.18 bits per heavy atom. The van der Waals surface area contributed by atoms with E-state index in [9.17, 15) is 0 Å². The normalized spacial score (nSPS) is 15.2. The summed E-state index contributed by atoms with van der Waals surface area (Å²) in [6.07, 6.45) is 1.00. The third-order valence-corrected chi connectivity index (χ3v) is 2.56. The summed E-state index contributed by atoms with van der Waals surface area (Å²) in [5, 5.41) is 3.31. The molecule has 6 heteroatoms. The molecule has 0 atom stereocenters. The molecule has 0 aromatic heterocycles. The van der Waals surface area contributed by atoms with E-state index < -0.39 is 0 Å². The number of rotatable bonds is 1. The predicted octanol–water partition coefficient (Wildman–Crippen LogP) is -0.448. The fraction of sp³-hybridized carbons (Fsp3) is 0.273. The van der Waals surface area contributed by atoms with Crippen LogP contribution in [0.2, 0.25) is 0 Å². The summed E-state index contributed by atoms with van der Waals surface area (Å²) < 4.78 is 0. The van der Waals surface area contributed by atoms with Crippen LogP contribution in [-0.4, -0.2) is 18.5 Å². The van der Waals surface area contributed by atoms with Crippen molar-refractivity contribution >= 4 is 17.6 Å². The summed E-state index contributed by atoms with van der Waals surface area (Å²) in [4.78, 5) is 7.81. The van der Waals surface area contributed by atoms with E-state index >= 15 is 0 Å². The minimum Gasteiger partial charge on any atom is -0.370 e. The molecule has 1 heterocycles. The molecule has 0 amide bonds. The third kappa shape index (κ3) is 2.94. The second-order valence-electron chi connectivity index (χ2n) is 3.89. The lowest BCUT2D eigenvalue weighted by molar-refractivity contribution is 0.644. The number of fused-ring (bicyclic) bond motifs is 1. The van der Waals surface area contributed by atoms with E-state index in [1.807, 2.05) is 18.2 Å². The van der Waals surface area contributed by atoms with E-state index in [-0.39, 0.29) is 11.9 Å². The third-order valence-electron chi connectivity index (χ3n) is 2.56. The molecule has 6 nitrogen and oxygen atoms in total. The van der Waals surface area contributed by atoms with Gasteiger partial charge in [0, 0.05) is 6.54 Å². The van der Waals surface area contributed by atoms with Gasteiger partial charge in [-0.2, -0.15) is 4.99 Å².